The van der Waals surface area contributed by atoms with Crippen LogP contribution in [0.4, 0.5) is 0 Å². The lowest BCUT2D eigenvalue weighted by Gasteiger charge is -2.40. The van der Waals surface area contributed by atoms with Crippen LogP contribution in [0.2, 0.25) is 0 Å². The van der Waals surface area contributed by atoms with Gasteiger partial charge in [-0.2, -0.15) is 0 Å². The SMILES string of the molecule is CC(C(=O)NC1CC2CCC1(C)C2(C)C)C1CNC1.Cl. The highest BCUT2D eigenvalue weighted by atomic mass is 35.5. The highest BCUT2D eigenvalue weighted by Gasteiger charge is 2.61. The van der Waals surface area contributed by atoms with Crippen LogP contribution in [0, 0.1) is 28.6 Å². The van der Waals surface area contributed by atoms with Gasteiger partial charge in [0.2, 0.25) is 5.91 Å². The van der Waals surface area contributed by atoms with Gasteiger partial charge in [-0.15, -0.1) is 12.4 Å². The van der Waals surface area contributed by atoms with E-state index in [9.17, 15) is 4.79 Å². The second kappa shape index (κ2) is 5.17. The van der Waals surface area contributed by atoms with Crippen molar-refractivity contribution in [3.8, 4) is 0 Å². The Hall–Kier alpha value is -0.280. The van der Waals surface area contributed by atoms with Crippen molar-refractivity contribution < 1.29 is 4.79 Å². The molecule has 0 radical (unpaired) electrons. The monoisotopic (exact) mass is 300 g/mol. The number of rotatable bonds is 3. The van der Waals surface area contributed by atoms with E-state index >= 15 is 0 Å². The molecule has 3 rings (SSSR count). The highest BCUT2D eigenvalue weighted by molar-refractivity contribution is 5.85. The van der Waals surface area contributed by atoms with Crippen molar-refractivity contribution in [2.24, 2.45) is 28.6 Å². The van der Waals surface area contributed by atoms with Gasteiger partial charge in [-0.05, 0) is 55.0 Å². The van der Waals surface area contributed by atoms with Gasteiger partial charge in [0, 0.05) is 12.0 Å². The third-order valence-electron chi connectivity index (χ3n) is 7.04. The first kappa shape index (κ1) is 16.1. The van der Waals surface area contributed by atoms with Crippen LogP contribution in [0.15, 0.2) is 0 Å². The van der Waals surface area contributed by atoms with E-state index in [0.29, 0.717) is 22.8 Å². The van der Waals surface area contributed by atoms with E-state index in [1.807, 2.05) is 0 Å². The van der Waals surface area contributed by atoms with Gasteiger partial charge in [0.05, 0.1) is 0 Å². The van der Waals surface area contributed by atoms with Crippen LogP contribution in [-0.4, -0.2) is 25.0 Å². The molecule has 4 heteroatoms. The first-order valence-corrected chi connectivity index (χ1v) is 7.87. The van der Waals surface area contributed by atoms with Crippen molar-refractivity contribution in [3.05, 3.63) is 0 Å². The minimum atomic E-state index is 0. The highest BCUT2D eigenvalue weighted by Crippen LogP contribution is 2.65. The Morgan fingerprint density at radius 3 is 2.35 bits per heavy atom. The number of nitrogens with one attached hydrogen (secondary N) is 2. The lowest BCUT2D eigenvalue weighted by Crippen LogP contribution is -2.53. The summed E-state index contributed by atoms with van der Waals surface area (Å²) in [7, 11) is 0. The Morgan fingerprint density at radius 2 is 1.95 bits per heavy atom. The summed E-state index contributed by atoms with van der Waals surface area (Å²) in [6, 6.07) is 0.393. The first-order chi connectivity index (χ1) is 8.86. The van der Waals surface area contributed by atoms with E-state index in [2.05, 4.69) is 38.3 Å². The molecule has 0 spiro atoms. The smallest absolute Gasteiger partial charge is 0.223 e. The van der Waals surface area contributed by atoms with Gasteiger partial charge >= 0.3 is 0 Å². The maximum atomic E-state index is 12.4. The van der Waals surface area contributed by atoms with Crippen molar-refractivity contribution in [2.75, 3.05) is 13.1 Å². The molecule has 2 aliphatic carbocycles. The zero-order valence-corrected chi connectivity index (χ0v) is 14.0. The molecule has 2 bridgehead atoms. The Morgan fingerprint density at radius 1 is 1.30 bits per heavy atom. The van der Waals surface area contributed by atoms with E-state index in [1.54, 1.807) is 0 Å². The average molecular weight is 301 g/mol. The Bertz CT molecular complexity index is 394. The lowest BCUT2D eigenvalue weighted by atomic mass is 9.69. The number of hydrogen-bond acceptors (Lipinski definition) is 2. The van der Waals surface area contributed by atoms with Crippen molar-refractivity contribution in [2.45, 2.75) is 53.0 Å². The van der Waals surface area contributed by atoms with Crippen LogP contribution in [0.1, 0.15) is 47.0 Å². The molecule has 0 aromatic rings. The summed E-state index contributed by atoms with van der Waals surface area (Å²) in [4.78, 5) is 12.4. The average Bonchev–Trinajstić information content (AvgIpc) is 2.59. The molecular formula is C16H29ClN2O. The second-order valence-electron chi connectivity index (χ2n) is 7.88. The molecule has 1 heterocycles. The molecule has 4 atom stereocenters. The van der Waals surface area contributed by atoms with Gasteiger partial charge in [0.15, 0.2) is 0 Å². The minimum absolute atomic E-state index is 0. The number of carbonyl (C=O) groups is 1. The molecule has 2 N–H and O–H groups in total. The number of amides is 1. The molecule has 3 nitrogen and oxygen atoms in total. The molecule has 2 saturated carbocycles. The van der Waals surface area contributed by atoms with Crippen LogP contribution < -0.4 is 10.6 Å². The summed E-state index contributed by atoms with van der Waals surface area (Å²) in [5, 5.41) is 6.65. The van der Waals surface area contributed by atoms with Gasteiger partial charge in [-0.1, -0.05) is 27.7 Å². The predicted octanol–water partition coefficient (Wildman–Crippen LogP) is 2.59. The molecule has 4 unspecified atom stereocenters. The fraction of sp³-hybridized carbons (Fsp3) is 0.938. The maximum absolute atomic E-state index is 12.4. The van der Waals surface area contributed by atoms with E-state index in [1.165, 1.54) is 19.3 Å². The minimum Gasteiger partial charge on any atom is -0.353 e. The largest absolute Gasteiger partial charge is 0.353 e. The zero-order valence-electron chi connectivity index (χ0n) is 13.2. The van der Waals surface area contributed by atoms with Crippen molar-refractivity contribution >= 4 is 18.3 Å². The van der Waals surface area contributed by atoms with Gasteiger partial charge in [0.1, 0.15) is 0 Å². The Kier molecular flexibility index (Phi) is 4.16. The van der Waals surface area contributed by atoms with Crippen molar-refractivity contribution in [1.82, 2.24) is 10.6 Å². The zero-order chi connectivity index (χ0) is 13.8. The fourth-order valence-electron chi connectivity index (χ4n) is 4.60. The van der Waals surface area contributed by atoms with Crippen LogP contribution in [0.5, 0.6) is 0 Å². The van der Waals surface area contributed by atoms with E-state index in [4.69, 9.17) is 0 Å². The molecule has 1 amide bonds. The summed E-state index contributed by atoms with van der Waals surface area (Å²) >= 11 is 0. The topological polar surface area (TPSA) is 41.1 Å². The number of fused-ring (bicyclic) bond motifs is 2. The van der Waals surface area contributed by atoms with E-state index in [0.717, 1.165) is 19.0 Å². The third kappa shape index (κ3) is 2.09. The van der Waals surface area contributed by atoms with Gasteiger partial charge in [-0.25, -0.2) is 0 Å². The molecular weight excluding hydrogens is 272 g/mol. The summed E-state index contributed by atoms with van der Waals surface area (Å²) < 4.78 is 0. The molecule has 20 heavy (non-hydrogen) atoms. The Balaban J connectivity index is 0.00000147. The molecule has 3 fully saturated rings. The predicted molar refractivity (Wildman–Crippen MR) is 83.9 cm³/mol. The van der Waals surface area contributed by atoms with Crippen LogP contribution in [0.3, 0.4) is 0 Å². The number of carbonyl (C=O) groups excluding carboxylic acids is 1. The van der Waals surface area contributed by atoms with Crippen LogP contribution in [-0.2, 0) is 4.79 Å². The molecule has 0 aromatic heterocycles. The molecule has 0 aromatic carbocycles. The summed E-state index contributed by atoms with van der Waals surface area (Å²) in [5.74, 6) is 1.77. The second-order valence-corrected chi connectivity index (χ2v) is 7.88. The van der Waals surface area contributed by atoms with E-state index in [-0.39, 0.29) is 24.2 Å². The lowest BCUT2D eigenvalue weighted by molar-refractivity contribution is -0.128. The van der Waals surface area contributed by atoms with Crippen LogP contribution in [0.25, 0.3) is 0 Å². The normalized spacial score (nSPS) is 39.8. The fourth-order valence-corrected chi connectivity index (χ4v) is 4.60. The van der Waals surface area contributed by atoms with Gasteiger partial charge in [0.25, 0.3) is 0 Å². The standard InChI is InChI=1S/C16H28N2O.ClH/c1-10(11-8-17-9-11)14(19)18-13-7-12-5-6-16(13,4)15(12,2)3;/h10-13,17H,5-9H2,1-4H3,(H,18,19);1H. The summed E-state index contributed by atoms with van der Waals surface area (Å²) in [6.45, 7) is 11.3. The van der Waals surface area contributed by atoms with Crippen molar-refractivity contribution in [3.63, 3.8) is 0 Å². The maximum Gasteiger partial charge on any atom is 0.223 e. The Labute approximate surface area is 129 Å². The third-order valence-corrected chi connectivity index (χ3v) is 7.04. The molecule has 3 aliphatic rings. The number of halogens is 1. The number of hydrogen-bond donors (Lipinski definition) is 2. The summed E-state index contributed by atoms with van der Waals surface area (Å²) in [6.07, 6.45) is 3.80. The van der Waals surface area contributed by atoms with Gasteiger partial charge < -0.3 is 10.6 Å². The van der Waals surface area contributed by atoms with Gasteiger partial charge in [-0.3, -0.25) is 4.79 Å². The molecule has 1 aliphatic heterocycles. The molecule has 1 saturated heterocycles. The molecule has 116 valence electrons. The summed E-state index contributed by atoms with van der Waals surface area (Å²) in [5.41, 5.74) is 0.678. The van der Waals surface area contributed by atoms with Crippen LogP contribution >= 0.6 is 12.4 Å². The van der Waals surface area contributed by atoms with E-state index < -0.39 is 0 Å². The quantitative estimate of drug-likeness (QED) is 0.841. The first-order valence-electron chi connectivity index (χ1n) is 7.87. The van der Waals surface area contributed by atoms with Crippen molar-refractivity contribution in [1.29, 1.82) is 0 Å².